The fourth-order valence-electron chi connectivity index (χ4n) is 1.43. The summed E-state index contributed by atoms with van der Waals surface area (Å²) in [5.41, 5.74) is -5.78. The van der Waals surface area contributed by atoms with Crippen molar-refractivity contribution in [3.63, 3.8) is 0 Å². The molecule has 5 heteroatoms. The normalized spacial score (nSPS) is 16.2. The van der Waals surface area contributed by atoms with Gasteiger partial charge >= 0.3 is 6.18 Å². The first-order valence-electron chi connectivity index (χ1n) is 5.44. The van der Waals surface area contributed by atoms with Crippen LogP contribution in [0, 0.1) is 16.2 Å². The van der Waals surface area contributed by atoms with Gasteiger partial charge < -0.3 is 0 Å². The van der Waals surface area contributed by atoms with Crippen molar-refractivity contribution in [3.05, 3.63) is 0 Å². The van der Waals surface area contributed by atoms with Gasteiger partial charge in [-0.05, 0) is 19.3 Å². The van der Waals surface area contributed by atoms with Crippen LogP contribution in [0.15, 0.2) is 0 Å². The van der Waals surface area contributed by atoms with Crippen molar-refractivity contribution >= 4 is 0 Å². The lowest BCUT2D eigenvalue weighted by atomic mass is 9.59. The van der Waals surface area contributed by atoms with Gasteiger partial charge in [0, 0.05) is 5.41 Å². The predicted octanol–water partition coefficient (Wildman–Crippen LogP) is 5.28. The van der Waals surface area contributed by atoms with E-state index < -0.39 is 28.3 Å². The molecule has 0 atom stereocenters. The van der Waals surface area contributed by atoms with Gasteiger partial charge in [0.15, 0.2) is 0 Å². The van der Waals surface area contributed by atoms with Crippen LogP contribution in [0.2, 0.25) is 0 Å². The van der Waals surface area contributed by atoms with Crippen LogP contribution in [0.25, 0.3) is 0 Å². The molecular formula is C12H21F5. The van der Waals surface area contributed by atoms with E-state index in [2.05, 4.69) is 0 Å². The molecule has 0 amide bonds. The van der Waals surface area contributed by atoms with E-state index in [1.54, 1.807) is 0 Å². The van der Waals surface area contributed by atoms with E-state index in [1.807, 2.05) is 0 Å². The summed E-state index contributed by atoms with van der Waals surface area (Å²) < 4.78 is 66.8. The summed E-state index contributed by atoms with van der Waals surface area (Å²) >= 11 is 0. The first-order valence-corrected chi connectivity index (χ1v) is 5.44. The molecule has 0 aromatic rings. The minimum absolute atomic E-state index is 0.556. The Hall–Kier alpha value is -0.350. The predicted molar refractivity (Wildman–Crippen MR) is 58.0 cm³/mol. The minimum atomic E-state index is -4.95. The number of alkyl halides is 5. The molecular weight excluding hydrogens is 239 g/mol. The number of rotatable bonds is 2. The molecule has 0 rings (SSSR count). The molecule has 0 aliphatic heterocycles. The summed E-state index contributed by atoms with van der Waals surface area (Å²) in [5.74, 6) is -3.86. The molecule has 0 nitrogen and oxygen atoms in total. The third kappa shape index (κ3) is 2.29. The summed E-state index contributed by atoms with van der Waals surface area (Å²) in [6, 6.07) is 0. The highest BCUT2D eigenvalue weighted by atomic mass is 19.4. The Morgan fingerprint density at radius 3 is 1.00 bits per heavy atom. The third-order valence-electron chi connectivity index (χ3n) is 4.15. The second-order valence-electron chi connectivity index (χ2n) is 6.57. The largest absolute Gasteiger partial charge is 0.399 e. The van der Waals surface area contributed by atoms with E-state index in [-0.39, 0.29) is 0 Å². The second-order valence-corrected chi connectivity index (χ2v) is 6.57. The molecule has 0 bridgehead atoms. The summed E-state index contributed by atoms with van der Waals surface area (Å²) in [5, 5.41) is 0. The molecule has 0 N–H and O–H groups in total. The quantitative estimate of drug-likeness (QED) is 0.592. The highest BCUT2D eigenvalue weighted by Gasteiger charge is 2.70. The van der Waals surface area contributed by atoms with Crippen molar-refractivity contribution in [1.82, 2.24) is 0 Å². The van der Waals surface area contributed by atoms with Crippen molar-refractivity contribution in [2.45, 2.75) is 60.6 Å². The Kier molecular flexibility index (Phi) is 3.74. The summed E-state index contributed by atoms with van der Waals surface area (Å²) in [6.07, 6.45) is -4.95. The zero-order valence-electron chi connectivity index (χ0n) is 11.4. The maximum absolute atomic E-state index is 14.3. The molecule has 0 unspecified atom stereocenters. The monoisotopic (exact) mass is 260 g/mol. The van der Waals surface area contributed by atoms with Crippen LogP contribution < -0.4 is 0 Å². The standard InChI is InChI=1S/C12H21F5/c1-8(2,3)9(4,5)11(13,14)10(6,7)12(15,16)17/h1-7H3. The summed E-state index contributed by atoms with van der Waals surface area (Å²) in [4.78, 5) is 0. The third-order valence-corrected chi connectivity index (χ3v) is 4.15. The number of hydrogen-bond acceptors (Lipinski definition) is 0. The van der Waals surface area contributed by atoms with Crippen LogP contribution in [-0.2, 0) is 0 Å². The Morgan fingerprint density at radius 2 is 0.824 bits per heavy atom. The molecule has 0 heterocycles. The van der Waals surface area contributed by atoms with Crippen LogP contribution in [0.3, 0.4) is 0 Å². The lowest BCUT2D eigenvalue weighted by Gasteiger charge is -2.51. The fraction of sp³-hybridized carbons (Fsp3) is 1.00. The van der Waals surface area contributed by atoms with Crippen molar-refractivity contribution < 1.29 is 22.0 Å². The van der Waals surface area contributed by atoms with Crippen molar-refractivity contribution in [2.75, 3.05) is 0 Å². The van der Waals surface area contributed by atoms with Crippen molar-refractivity contribution in [3.8, 4) is 0 Å². The maximum Gasteiger partial charge on any atom is 0.399 e. The summed E-state index contributed by atoms with van der Waals surface area (Å²) in [6.45, 7) is 8.04. The average Bonchev–Trinajstić information content (AvgIpc) is 1.98. The highest BCUT2D eigenvalue weighted by molar-refractivity contribution is 5.04. The van der Waals surface area contributed by atoms with Gasteiger partial charge in [-0.1, -0.05) is 34.6 Å². The average molecular weight is 260 g/mol. The lowest BCUT2D eigenvalue weighted by Crippen LogP contribution is -2.59. The van der Waals surface area contributed by atoms with Gasteiger partial charge in [-0.25, -0.2) is 8.78 Å². The van der Waals surface area contributed by atoms with E-state index >= 15 is 0 Å². The highest BCUT2D eigenvalue weighted by Crippen LogP contribution is 2.61. The Labute approximate surface area is 99.6 Å². The molecule has 104 valence electrons. The van der Waals surface area contributed by atoms with Crippen LogP contribution in [0.1, 0.15) is 48.5 Å². The Morgan fingerprint density at radius 1 is 0.529 bits per heavy atom. The van der Waals surface area contributed by atoms with E-state index in [9.17, 15) is 22.0 Å². The van der Waals surface area contributed by atoms with Crippen LogP contribution in [-0.4, -0.2) is 12.1 Å². The molecule has 0 aromatic heterocycles. The molecule has 0 saturated heterocycles. The number of hydrogen-bond donors (Lipinski definition) is 0. The first kappa shape index (κ1) is 16.6. The van der Waals surface area contributed by atoms with Crippen LogP contribution in [0.5, 0.6) is 0 Å². The number of halogens is 5. The maximum atomic E-state index is 14.3. The van der Waals surface area contributed by atoms with E-state index in [1.165, 1.54) is 34.6 Å². The minimum Gasteiger partial charge on any atom is -0.205 e. The zero-order valence-corrected chi connectivity index (χ0v) is 11.4. The molecule has 0 aliphatic rings. The molecule has 0 fully saturated rings. The topological polar surface area (TPSA) is 0 Å². The molecule has 0 aromatic carbocycles. The first-order chi connectivity index (χ1) is 7.00. The Bertz CT molecular complexity index is 250. The van der Waals surface area contributed by atoms with Gasteiger partial charge in [-0.15, -0.1) is 0 Å². The van der Waals surface area contributed by atoms with Crippen molar-refractivity contribution in [1.29, 1.82) is 0 Å². The summed E-state index contributed by atoms with van der Waals surface area (Å²) in [7, 11) is 0. The fourth-order valence-corrected chi connectivity index (χ4v) is 1.43. The van der Waals surface area contributed by atoms with Gasteiger partial charge in [0.2, 0.25) is 0 Å². The van der Waals surface area contributed by atoms with E-state index in [4.69, 9.17) is 0 Å². The molecule has 0 saturated carbocycles. The second kappa shape index (κ2) is 3.82. The van der Waals surface area contributed by atoms with Gasteiger partial charge in [-0.3, -0.25) is 0 Å². The van der Waals surface area contributed by atoms with Gasteiger partial charge in [0.05, 0.1) is 0 Å². The van der Waals surface area contributed by atoms with E-state index in [0.717, 1.165) is 0 Å². The van der Waals surface area contributed by atoms with Gasteiger partial charge in [0.25, 0.3) is 5.92 Å². The molecule has 17 heavy (non-hydrogen) atoms. The lowest BCUT2D eigenvalue weighted by molar-refractivity contribution is -0.325. The molecule has 0 spiro atoms. The van der Waals surface area contributed by atoms with Gasteiger partial charge in [-0.2, -0.15) is 13.2 Å². The molecule has 0 aliphatic carbocycles. The zero-order chi connectivity index (χ0) is 14.5. The van der Waals surface area contributed by atoms with Crippen LogP contribution >= 0.6 is 0 Å². The van der Waals surface area contributed by atoms with E-state index in [0.29, 0.717) is 13.8 Å². The van der Waals surface area contributed by atoms with Crippen LogP contribution in [0.4, 0.5) is 22.0 Å². The van der Waals surface area contributed by atoms with Gasteiger partial charge in [0.1, 0.15) is 5.41 Å². The molecule has 0 radical (unpaired) electrons. The smallest absolute Gasteiger partial charge is 0.205 e. The Balaban J connectivity index is 5.73. The SMILES string of the molecule is CC(C)(C)C(C)(C)C(F)(F)C(C)(C)C(F)(F)F. The van der Waals surface area contributed by atoms with Crippen molar-refractivity contribution in [2.24, 2.45) is 16.2 Å².